The predicted molar refractivity (Wildman–Crippen MR) is 102 cm³/mol. The van der Waals surface area contributed by atoms with Crippen LogP contribution in [0.5, 0.6) is 5.75 Å². The summed E-state index contributed by atoms with van der Waals surface area (Å²) in [5.74, 6) is -0.168. The minimum Gasteiger partial charge on any atom is -0.497 e. The number of thiophene rings is 1. The molecule has 0 saturated carbocycles. The van der Waals surface area contributed by atoms with Crippen molar-refractivity contribution in [2.24, 2.45) is 0 Å². The smallest absolute Gasteiger partial charge is 0.348 e. The van der Waals surface area contributed by atoms with Crippen LogP contribution in [0.1, 0.15) is 14.5 Å². The predicted octanol–water partition coefficient (Wildman–Crippen LogP) is 3.98. The van der Waals surface area contributed by atoms with Gasteiger partial charge >= 0.3 is 5.97 Å². The highest BCUT2D eigenvalue weighted by Crippen LogP contribution is 2.26. The molecule has 26 heavy (non-hydrogen) atoms. The SMILES string of the molecule is COc1ccc(-c2csc(NC(=O)COC(=O)c3ccc(C)s3)n2)cc1. The first-order chi connectivity index (χ1) is 12.5. The van der Waals surface area contributed by atoms with Gasteiger partial charge in [0.05, 0.1) is 12.8 Å². The monoisotopic (exact) mass is 388 g/mol. The third-order valence-corrected chi connectivity index (χ3v) is 5.15. The van der Waals surface area contributed by atoms with Crippen molar-refractivity contribution in [1.29, 1.82) is 0 Å². The van der Waals surface area contributed by atoms with Crippen LogP contribution in [0.15, 0.2) is 41.8 Å². The van der Waals surface area contributed by atoms with Crippen LogP contribution in [0.3, 0.4) is 0 Å². The van der Waals surface area contributed by atoms with E-state index in [1.807, 2.05) is 42.6 Å². The topological polar surface area (TPSA) is 77.5 Å². The van der Waals surface area contributed by atoms with Gasteiger partial charge in [0.25, 0.3) is 5.91 Å². The lowest BCUT2D eigenvalue weighted by atomic mass is 10.2. The van der Waals surface area contributed by atoms with Crippen LogP contribution in [0.4, 0.5) is 5.13 Å². The molecule has 0 fully saturated rings. The lowest BCUT2D eigenvalue weighted by Gasteiger charge is -2.03. The van der Waals surface area contributed by atoms with Crippen LogP contribution in [-0.2, 0) is 9.53 Å². The summed E-state index contributed by atoms with van der Waals surface area (Å²) in [6.07, 6.45) is 0. The molecule has 3 rings (SSSR count). The van der Waals surface area contributed by atoms with Gasteiger partial charge < -0.3 is 9.47 Å². The summed E-state index contributed by atoms with van der Waals surface area (Å²) in [6, 6.07) is 11.0. The third kappa shape index (κ3) is 4.47. The number of esters is 1. The Balaban J connectivity index is 1.54. The van der Waals surface area contributed by atoms with E-state index in [0.717, 1.165) is 21.9 Å². The number of nitrogens with zero attached hydrogens (tertiary/aromatic N) is 1. The van der Waals surface area contributed by atoms with Gasteiger partial charge in [-0.2, -0.15) is 0 Å². The van der Waals surface area contributed by atoms with E-state index in [0.29, 0.717) is 10.0 Å². The fourth-order valence-electron chi connectivity index (χ4n) is 2.13. The Morgan fingerprint density at radius 2 is 1.92 bits per heavy atom. The molecule has 0 unspecified atom stereocenters. The van der Waals surface area contributed by atoms with Crippen LogP contribution >= 0.6 is 22.7 Å². The fourth-order valence-corrected chi connectivity index (χ4v) is 3.62. The van der Waals surface area contributed by atoms with Gasteiger partial charge in [-0.1, -0.05) is 0 Å². The standard InChI is InChI=1S/C18H16N2O4S2/c1-11-3-8-15(26-11)17(22)24-9-16(21)20-18-19-14(10-25-18)12-4-6-13(23-2)7-5-12/h3-8,10H,9H2,1-2H3,(H,19,20,21). The van der Waals surface area contributed by atoms with Gasteiger partial charge in [0.1, 0.15) is 10.6 Å². The van der Waals surface area contributed by atoms with Crippen molar-refractivity contribution in [2.75, 3.05) is 19.0 Å². The molecule has 2 aromatic heterocycles. The molecule has 0 radical (unpaired) electrons. The Hall–Kier alpha value is -2.71. The maximum atomic E-state index is 11.9. The molecular formula is C18H16N2O4S2. The van der Waals surface area contributed by atoms with E-state index in [2.05, 4.69) is 10.3 Å². The Labute approximate surface area is 158 Å². The molecule has 0 aliphatic rings. The Morgan fingerprint density at radius 3 is 2.58 bits per heavy atom. The zero-order valence-corrected chi connectivity index (χ0v) is 15.8. The number of aryl methyl sites for hydroxylation is 1. The van der Waals surface area contributed by atoms with Gasteiger partial charge in [0.2, 0.25) is 0 Å². The minimum atomic E-state index is -0.503. The number of thiazole rings is 1. The number of rotatable bonds is 6. The number of anilines is 1. The third-order valence-electron chi connectivity index (χ3n) is 3.41. The second-order valence-electron chi connectivity index (χ2n) is 5.30. The lowest BCUT2D eigenvalue weighted by molar-refractivity contribution is -0.119. The number of amides is 1. The Morgan fingerprint density at radius 1 is 1.15 bits per heavy atom. The number of methoxy groups -OCH3 is 1. The molecule has 0 saturated heterocycles. The highest BCUT2D eigenvalue weighted by atomic mass is 32.1. The summed E-state index contributed by atoms with van der Waals surface area (Å²) in [4.78, 5) is 29.6. The number of carbonyl (C=O) groups is 2. The van der Waals surface area contributed by atoms with Crippen LogP contribution in [0.2, 0.25) is 0 Å². The number of hydrogen-bond acceptors (Lipinski definition) is 7. The summed E-state index contributed by atoms with van der Waals surface area (Å²) >= 11 is 2.63. The number of aromatic nitrogens is 1. The van der Waals surface area contributed by atoms with Crippen LogP contribution in [0, 0.1) is 6.92 Å². The molecular weight excluding hydrogens is 372 g/mol. The van der Waals surface area contributed by atoms with Crippen molar-refractivity contribution in [1.82, 2.24) is 4.98 Å². The first kappa shape index (κ1) is 18.1. The fraction of sp³-hybridized carbons (Fsp3) is 0.167. The molecule has 0 atom stereocenters. The Kier molecular flexibility index (Phi) is 5.65. The van der Waals surface area contributed by atoms with Gasteiger partial charge in [-0.15, -0.1) is 22.7 Å². The van der Waals surface area contributed by atoms with Crippen molar-refractivity contribution >= 4 is 39.7 Å². The molecule has 0 spiro atoms. The summed E-state index contributed by atoms with van der Waals surface area (Å²) in [7, 11) is 1.61. The van der Waals surface area contributed by atoms with Gasteiger partial charge in [-0.25, -0.2) is 9.78 Å². The number of nitrogens with one attached hydrogen (secondary N) is 1. The molecule has 134 valence electrons. The van der Waals surface area contributed by atoms with E-state index >= 15 is 0 Å². The van der Waals surface area contributed by atoms with E-state index in [9.17, 15) is 9.59 Å². The second-order valence-corrected chi connectivity index (χ2v) is 7.45. The maximum Gasteiger partial charge on any atom is 0.348 e. The van der Waals surface area contributed by atoms with E-state index in [-0.39, 0.29) is 6.61 Å². The number of carbonyl (C=O) groups excluding carboxylic acids is 2. The van der Waals surface area contributed by atoms with E-state index in [1.165, 1.54) is 22.7 Å². The molecule has 2 heterocycles. The van der Waals surface area contributed by atoms with Crippen molar-refractivity contribution in [3.63, 3.8) is 0 Å². The van der Waals surface area contributed by atoms with Crippen molar-refractivity contribution < 1.29 is 19.1 Å². The van der Waals surface area contributed by atoms with Crippen molar-refractivity contribution in [2.45, 2.75) is 6.92 Å². The van der Waals surface area contributed by atoms with E-state index < -0.39 is 11.9 Å². The molecule has 6 nitrogen and oxygen atoms in total. The van der Waals surface area contributed by atoms with E-state index in [1.54, 1.807) is 13.2 Å². The van der Waals surface area contributed by atoms with Gasteiger partial charge in [0.15, 0.2) is 11.7 Å². The van der Waals surface area contributed by atoms with Crippen molar-refractivity contribution in [3.8, 4) is 17.0 Å². The summed E-state index contributed by atoms with van der Waals surface area (Å²) in [6.45, 7) is 1.55. The summed E-state index contributed by atoms with van der Waals surface area (Å²) < 4.78 is 10.1. The second kappa shape index (κ2) is 8.11. The van der Waals surface area contributed by atoms with Crippen LogP contribution in [-0.4, -0.2) is 30.6 Å². The minimum absolute atomic E-state index is 0.354. The molecule has 0 aliphatic heterocycles. The Bertz CT molecular complexity index is 915. The van der Waals surface area contributed by atoms with Gasteiger partial charge in [0, 0.05) is 15.8 Å². The average Bonchev–Trinajstić information content (AvgIpc) is 3.29. The van der Waals surface area contributed by atoms with Crippen LogP contribution < -0.4 is 10.1 Å². The molecule has 1 N–H and O–H groups in total. The summed E-state index contributed by atoms with van der Waals surface area (Å²) in [5, 5.41) is 4.93. The molecule has 1 amide bonds. The average molecular weight is 388 g/mol. The molecule has 3 aromatic rings. The molecule has 1 aromatic carbocycles. The van der Waals surface area contributed by atoms with Gasteiger partial charge in [-0.05, 0) is 43.3 Å². The first-order valence-corrected chi connectivity index (χ1v) is 9.38. The normalized spacial score (nSPS) is 10.4. The zero-order chi connectivity index (χ0) is 18.5. The highest BCUT2D eigenvalue weighted by molar-refractivity contribution is 7.14. The summed E-state index contributed by atoms with van der Waals surface area (Å²) in [5.41, 5.74) is 1.67. The number of benzene rings is 1. The number of ether oxygens (including phenoxy) is 2. The lowest BCUT2D eigenvalue weighted by Crippen LogP contribution is -2.20. The largest absolute Gasteiger partial charge is 0.497 e. The molecule has 8 heteroatoms. The zero-order valence-electron chi connectivity index (χ0n) is 14.1. The number of hydrogen-bond donors (Lipinski definition) is 1. The maximum absolute atomic E-state index is 11.9. The molecule has 0 aliphatic carbocycles. The first-order valence-electron chi connectivity index (χ1n) is 7.68. The highest BCUT2D eigenvalue weighted by Gasteiger charge is 2.13. The quantitative estimate of drug-likeness (QED) is 0.646. The van der Waals surface area contributed by atoms with Crippen LogP contribution in [0.25, 0.3) is 11.3 Å². The van der Waals surface area contributed by atoms with Gasteiger partial charge in [-0.3, -0.25) is 10.1 Å². The van der Waals surface area contributed by atoms with Crippen molar-refractivity contribution in [3.05, 3.63) is 51.5 Å². The van der Waals surface area contributed by atoms with E-state index in [4.69, 9.17) is 9.47 Å². The molecule has 0 bridgehead atoms.